The summed E-state index contributed by atoms with van der Waals surface area (Å²) in [6.45, 7) is 7.64. The molecule has 3 nitrogen and oxygen atoms in total. The third-order valence-corrected chi connectivity index (χ3v) is 5.04. The molecule has 0 spiro atoms. The first-order valence-corrected chi connectivity index (χ1v) is 9.25. The maximum absolute atomic E-state index is 12.4. The number of carbonyl (C=O) groups is 1. The minimum absolute atomic E-state index is 0.157. The summed E-state index contributed by atoms with van der Waals surface area (Å²) in [5.41, 5.74) is 4.58. The number of likely N-dealkylation sites (tertiary alicyclic amines) is 1. The second kappa shape index (κ2) is 8.41. The fourth-order valence-electron chi connectivity index (χ4n) is 3.46. The highest BCUT2D eigenvalue weighted by atomic mass is 16.1. The van der Waals surface area contributed by atoms with Gasteiger partial charge in [0.05, 0.1) is 6.54 Å². The molecule has 1 heterocycles. The van der Waals surface area contributed by atoms with Crippen LogP contribution in [0.5, 0.6) is 0 Å². The zero-order valence-corrected chi connectivity index (χ0v) is 15.3. The van der Waals surface area contributed by atoms with Gasteiger partial charge in [0.2, 0.25) is 0 Å². The average Bonchev–Trinajstić information content (AvgIpc) is 3.14. The lowest BCUT2D eigenvalue weighted by Gasteiger charge is -2.28. The van der Waals surface area contributed by atoms with E-state index in [1.54, 1.807) is 0 Å². The third kappa shape index (κ3) is 4.77. The predicted octanol–water partition coefficient (Wildman–Crippen LogP) is 3.91. The van der Waals surface area contributed by atoms with Gasteiger partial charge in [-0.2, -0.15) is 0 Å². The average molecular weight is 336 g/mol. The zero-order chi connectivity index (χ0) is 17.6. The standard InChI is InChI=1S/C22H28N2O/c1-17-5-9-19(10-6-17)21(24-13-3-4-14-24)15-23-16-22(25)20-11-7-18(2)8-12-20/h5-12,21,23H,3-4,13-16H2,1-2H3. The summed E-state index contributed by atoms with van der Waals surface area (Å²) < 4.78 is 0. The van der Waals surface area contributed by atoms with Crippen LogP contribution >= 0.6 is 0 Å². The molecule has 1 fully saturated rings. The fourth-order valence-corrected chi connectivity index (χ4v) is 3.46. The second-order valence-electron chi connectivity index (χ2n) is 7.09. The van der Waals surface area contributed by atoms with Crippen LogP contribution in [-0.2, 0) is 0 Å². The fraction of sp³-hybridized carbons (Fsp3) is 0.409. The minimum Gasteiger partial charge on any atom is -0.308 e. The number of benzene rings is 2. The molecule has 0 amide bonds. The monoisotopic (exact) mass is 336 g/mol. The second-order valence-corrected chi connectivity index (χ2v) is 7.09. The Morgan fingerprint density at radius 1 is 0.960 bits per heavy atom. The van der Waals surface area contributed by atoms with Gasteiger partial charge in [0, 0.05) is 18.2 Å². The zero-order valence-electron chi connectivity index (χ0n) is 15.3. The molecule has 1 N–H and O–H groups in total. The quantitative estimate of drug-likeness (QED) is 0.778. The summed E-state index contributed by atoms with van der Waals surface area (Å²) in [4.78, 5) is 14.9. The van der Waals surface area contributed by atoms with Crippen molar-refractivity contribution in [2.24, 2.45) is 0 Å². The molecule has 0 aromatic heterocycles. The maximum Gasteiger partial charge on any atom is 0.176 e. The van der Waals surface area contributed by atoms with Crippen LogP contribution in [-0.4, -0.2) is 36.9 Å². The summed E-state index contributed by atoms with van der Waals surface area (Å²) in [6.07, 6.45) is 2.54. The Morgan fingerprint density at radius 3 is 2.12 bits per heavy atom. The molecule has 3 heteroatoms. The van der Waals surface area contributed by atoms with Crippen molar-refractivity contribution in [1.82, 2.24) is 10.2 Å². The molecule has 2 aromatic carbocycles. The molecule has 3 rings (SSSR count). The SMILES string of the molecule is Cc1ccc(C(=O)CNCC(c2ccc(C)cc2)N2CCCC2)cc1. The lowest BCUT2D eigenvalue weighted by Crippen LogP contribution is -2.36. The summed E-state index contributed by atoms with van der Waals surface area (Å²) in [6, 6.07) is 17.0. The number of nitrogens with zero attached hydrogens (tertiary/aromatic N) is 1. The molecule has 0 aliphatic carbocycles. The van der Waals surface area contributed by atoms with E-state index in [9.17, 15) is 4.79 Å². The van der Waals surface area contributed by atoms with E-state index >= 15 is 0 Å². The Bertz CT molecular complexity index is 685. The highest BCUT2D eigenvalue weighted by molar-refractivity contribution is 5.97. The van der Waals surface area contributed by atoms with Gasteiger partial charge in [-0.05, 0) is 45.3 Å². The largest absolute Gasteiger partial charge is 0.308 e. The summed E-state index contributed by atoms with van der Waals surface area (Å²) in [5, 5.41) is 3.40. The molecule has 0 bridgehead atoms. The number of aryl methyl sites for hydroxylation is 2. The number of nitrogens with one attached hydrogen (secondary N) is 1. The molecule has 25 heavy (non-hydrogen) atoms. The van der Waals surface area contributed by atoms with E-state index in [0.29, 0.717) is 12.6 Å². The summed E-state index contributed by atoms with van der Waals surface area (Å²) in [7, 11) is 0. The third-order valence-electron chi connectivity index (χ3n) is 5.04. The smallest absolute Gasteiger partial charge is 0.176 e. The van der Waals surface area contributed by atoms with Crippen molar-refractivity contribution < 1.29 is 4.79 Å². The Hall–Kier alpha value is -1.97. The topological polar surface area (TPSA) is 32.3 Å². The van der Waals surface area contributed by atoms with Gasteiger partial charge in [0.25, 0.3) is 0 Å². The molecule has 1 saturated heterocycles. The maximum atomic E-state index is 12.4. The van der Waals surface area contributed by atoms with Gasteiger partial charge in [-0.25, -0.2) is 0 Å². The van der Waals surface area contributed by atoms with Gasteiger partial charge >= 0.3 is 0 Å². The van der Waals surface area contributed by atoms with Gasteiger partial charge in [0.1, 0.15) is 0 Å². The Balaban J connectivity index is 1.61. The van der Waals surface area contributed by atoms with E-state index in [1.807, 2.05) is 31.2 Å². The van der Waals surface area contributed by atoms with Gasteiger partial charge in [-0.3, -0.25) is 9.69 Å². The van der Waals surface area contributed by atoms with Crippen molar-refractivity contribution in [3.8, 4) is 0 Å². The molecule has 1 unspecified atom stereocenters. The number of Topliss-reactive ketones (excluding diaryl/α,β-unsaturated/α-hetero) is 1. The van der Waals surface area contributed by atoms with E-state index in [2.05, 4.69) is 41.4 Å². The molecule has 1 aliphatic heterocycles. The number of hydrogen-bond donors (Lipinski definition) is 1. The molecule has 2 aromatic rings. The molecule has 1 atom stereocenters. The van der Waals surface area contributed by atoms with Gasteiger partial charge in [-0.1, -0.05) is 59.7 Å². The lowest BCUT2D eigenvalue weighted by molar-refractivity contribution is 0.0987. The van der Waals surface area contributed by atoms with E-state index in [1.165, 1.54) is 29.5 Å². The lowest BCUT2D eigenvalue weighted by atomic mass is 10.0. The van der Waals surface area contributed by atoms with E-state index in [0.717, 1.165) is 25.2 Å². The van der Waals surface area contributed by atoms with Crippen molar-refractivity contribution >= 4 is 5.78 Å². The highest BCUT2D eigenvalue weighted by Crippen LogP contribution is 2.24. The van der Waals surface area contributed by atoms with Crippen LogP contribution in [0, 0.1) is 13.8 Å². The summed E-state index contributed by atoms with van der Waals surface area (Å²) in [5.74, 6) is 0.157. The van der Waals surface area contributed by atoms with Crippen LogP contribution in [0.25, 0.3) is 0 Å². The van der Waals surface area contributed by atoms with Crippen LogP contribution in [0.4, 0.5) is 0 Å². The van der Waals surface area contributed by atoms with Crippen LogP contribution in [0.1, 0.15) is 45.9 Å². The number of hydrogen-bond acceptors (Lipinski definition) is 3. The van der Waals surface area contributed by atoms with E-state index < -0.39 is 0 Å². The van der Waals surface area contributed by atoms with Crippen LogP contribution in [0.2, 0.25) is 0 Å². The molecular formula is C22H28N2O. The van der Waals surface area contributed by atoms with Crippen molar-refractivity contribution in [2.45, 2.75) is 32.7 Å². The van der Waals surface area contributed by atoms with Crippen molar-refractivity contribution in [1.29, 1.82) is 0 Å². The van der Waals surface area contributed by atoms with Gasteiger partial charge < -0.3 is 5.32 Å². The highest BCUT2D eigenvalue weighted by Gasteiger charge is 2.23. The molecule has 132 valence electrons. The molecule has 0 saturated carbocycles. The Kier molecular flexibility index (Phi) is 6.00. The molecule has 1 aliphatic rings. The Labute approximate surface area is 151 Å². The minimum atomic E-state index is 0.157. The van der Waals surface area contributed by atoms with Crippen molar-refractivity contribution in [3.63, 3.8) is 0 Å². The number of carbonyl (C=O) groups excluding carboxylic acids is 1. The van der Waals surface area contributed by atoms with Crippen LogP contribution in [0.3, 0.4) is 0 Å². The van der Waals surface area contributed by atoms with Gasteiger partial charge in [-0.15, -0.1) is 0 Å². The predicted molar refractivity (Wildman–Crippen MR) is 103 cm³/mol. The van der Waals surface area contributed by atoms with Crippen LogP contribution in [0.15, 0.2) is 48.5 Å². The van der Waals surface area contributed by atoms with Crippen molar-refractivity contribution in [2.75, 3.05) is 26.2 Å². The normalized spacial score (nSPS) is 16.1. The van der Waals surface area contributed by atoms with Crippen molar-refractivity contribution in [3.05, 3.63) is 70.8 Å². The number of rotatable bonds is 7. The van der Waals surface area contributed by atoms with Gasteiger partial charge in [0.15, 0.2) is 5.78 Å². The summed E-state index contributed by atoms with van der Waals surface area (Å²) >= 11 is 0. The van der Waals surface area contributed by atoms with Crippen LogP contribution < -0.4 is 5.32 Å². The first kappa shape index (κ1) is 17.8. The number of ketones is 1. The van der Waals surface area contributed by atoms with E-state index in [-0.39, 0.29) is 5.78 Å². The first-order chi connectivity index (χ1) is 12.1. The first-order valence-electron chi connectivity index (χ1n) is 9.25. The molecular weight excluding hydrogens is 308 g/mol. The Morgan fingerprint density at radius 2 is 1.52 bits per heavy atom. The van der Waals surface area contributed by atoms with E-state index in [4.69, 9.17) is 0 Å². The molecule has 0 radical (unpaired) electrons.